The van der Waals surface area contributed by atoms with Crippen molar-refractivity contribution in [1.29, 1.82) is 5.26 Å². The van der Waals surface area contributed by atoms with Crippen molar-refractivity contribution in [3.8, 4) is 6.07 Å². The molecule has 0 atom stereocenters. The average molecular weight is 262 g/mol. The van der Waals surface area contributed by atoms with E-state index in [1.54, 1.807) is 6.07 Å². The monoisotopic (exact) mass is 261 g/mol. The lowest BCUT2D eigenvalue weighted by Gasteiger charge is -2.09. The largest absolute Gasteiger partial charge is 0.396 e. The van der Waals surface area contributed by atoms with E-state index in [4.69, 9.17) is 11.0 Å². The fraction of sp³-hybridized carbons (Fsp3) is 0.250. The van der Waals surface area contributed by atoms with E-state index >= 15 is 0 Å². The smallest absolute Gasteiger partial charge is 0.266 e. The summed E-state index contributed by atoms with van der Waals surface area (Å²) in [7, 11) is 0. The van der Waals surface area contributed by atoms with E-state index in [9.17, 15) is 8.78 Å². The van der Waals surface area contributed by atoms with Crippen LogP contribution in [0.2, 0.25) is 0 Å². The summed E-state index contributed by atoms with van der Waals surface area (Å²) in [5.41, 5.74) is 5.17. The Bertz CT molecular complexity index is 387. The quantitative estimate of drug-likeness (QED) is 0.832. The van der Waals surface area contributed by atoms with Crippen LogP contribution in [0, 0.1) is 11.3 Å². The van der Waals surface area contributed by atoms with Crippen LogP contribution in [0.25, 0.3) is 0 Å². The first-order valence-corrected chi connectivity index (χ1v) is 4.45. The number of hydrogen-bond acceptors (Lipinski definition) is 3. The van der Waals surface area contributed by atoms with E-state index in [0.29, 0.717) is 0 Å². The van der Waals surface area contributed by atoms with Crippen molar-refractivity contribution in [2.24, 2.45) is 0 Å². The molecular formula is C8H6BrF2N3. The van der Waals surface area contributed by atoms with Gasteiger partial charge in [-0.25, -0.2) is 13.8 Å². The summed E-state index contributed by atoms with van der Waals surface area (Å²) >= 11 is 2.95. The minimum absolute atomic E-state index is 0.104. The Hall–Kier alpha value is -1.22. The van der Waals surface area contributed by atoms with Gasteiger partial charge in [0, 0.05) is 11.8 Å². The fourth-order valence-electron chi connectivity index (χ4n) is 1.04. The number of nitrogens with two attached hydrogens (primary N) is 1. The molecule has 1 rings (SSSR count). The lowest BCUT2D eigenvalue weighted by atomic mass is 10.1. The molecule has 3 nitrogen and oxygen atoms in total. The van der Waals surface area contributed by atoms with Crippen LogP contribution in [-0.4, -0.2) is 4.98 Å². The Morgan fingerprint density at radius 2 is 2.29 bits per heavy atom. The van der Waals surface area contributed by atoms with Crippen LogP contribution in [0.15, 0.2) is 10.8 Å². The van der Waals surface area contributed by atoms with Crippen LogP contribution < -0.4 is 5.73 Å². The summed E-state index contributed by atoms with van der Waals surface area (Å²) in [5.74, 6) is 0. The van der Waals surface area contributed by atoms with Gasteiger partial charge in [0.25, 0.3) is 6.43 Å². The predicted octanol–water partition coefficient (Wildman–Crippen LogP) is 2.43. The van der Waals surface area contributed by atoms with Crippen LogP contribution in [0.5, 0.6) is 0 Å². The topological polar surface area (TPSA) is 62.7 Å². The third-order valence-electron chi connectivity index (χ3n) is 1.68. The molecule has 1 aromatic heterocycles. The van der Waals surface area contributed by atoms with Crippen molar-refractivity contribution in [2.45, 2.75) is 12.8 Å². The Labute approximate surface area is 87.7 Å². The summed E-state index contributed by atoms with van der Waals surface area (Å²) in [6, 6.07) is 1.78. The third kappa shape index (κ3) is 1.99. The highest BCUT2D eigenvalue weighted by Gasteiger charge is 2.18. The Balaban J connectivity index is 3.31. The molecule has 1 aromatic rings. The molecule has 0 aliphatic heterocycles. The highest BCUT2D eigenvalue weighted by atomic mass is 79.9. The number of hydrogen-bond donors (Lipinski definition) is 1. The molecule has 0 spiro atoms. The summed E-state index contributed by atoms with van der Waals surface area (Å²) in [4.78, 5) is 3.75. The van der Waals surface area contributed by atoms with Gasteiger partial charge in [0.1, 0.15) is 4.60 Å². The highest BCUT2D eigenvalue weighted by Crippen LogP contribution is 2.32. The van der Waals surface area contributed by atoms with Crippen LogP contribution in [-0.2, 0) is 6.42 Å². The van der Waals surface area contributed by atoms with Crippen LogP contribution in [0.3, 0.4) is 0 Å². The van der Waals surface area contributed by atoms with Gasteiger partial charge < -0.3 is 5.73 Å². The van der Waals surface area contributed by atoms with E-state index < -0.39 is 6.43 Å². The maximum absolute atomic E-state index is 12.6. The van der Waals surface area contributed by atoms with Gasteiger partial charge in [-0.05, 0) is 21.5 Å². The molecule has 14 heavy (non-hydrogen) atoms. The molecule has 0 saturated carbocycles. The van der Waals surface area contributed by atoms with Gasteiger partial charge >= 0.3 is 0 Å². The van der Waals surface area contributed by atoms with Gasteiger partial charge in [-0.2, -0.15) is 5.26 Å². The molecule has 0 aliphatic rings. The normalized spacial score (nSPS) is 10.2. The SMILES string of the molecule is N#CCc1cnc(Br)c(N)c1C(F)F. The summed E-state index contributed by atoms with van der Waals surface area (Å²) in [5, 5.41) is 8.41. The first-order valence-electron chi connectivity index (χ1n) is 3.65. The molecule has 6 heteroatoms. The van der Waals surface area contributed by atoms with Crippen LogP contribution in [0.1, 0.15) is 17.6 Å². The first kappa shape index (κ1) is 10.9. The molecule has 0 fully saturated rings. The van der Waals surface area contributed by atoms with E-state index in [0.717, 1.165) is 0 Å². The van der Waals surface area contributed by atoms with Crippen molar-refractivity contribution >= 4 is 21.6 Å². The van der Waals surface area contributed by atoms with Crippen molar-refractivity contribution in [3.63, 3.8) is 0 Å². The number of alkyl halides is 2. The number of rotatable bonds is 2. The molecule has 1 heterocycles. The minimum atomic E-state index is -2.70. The van der Waals surface area contributed by atoms with Gasteiger partial charge in [0.15, 0.2) is 0 Å². The summed E-state index contributed by atoms with van der Waals surface area (Å²) in [6.45, 7) is 0. The molecule has 0 bridgehead atoms. The number of aromatic nitrogens is 1. The maximum atomic E-state index is 12.6. The molecule has 0 aliphatic carbocycles. The van der Waals surface area contributed by atoms with Crippen LogP contribution in [0.4, 0.5) is 14.5 Å². The van der Waals surface area contributed by atoms with E-state index in [1.807, 2.05) is 0 Å². The zero-order chi connectivity index (χ0) is 10.7. The number of halogens is 3. The highest BCUT2D eigenvalue weighted by molar-refractivity contribution is 9.10. The molecule has 0 amide bonds. The third-order valence-corrected chi connectivity index (χ3v) is 2.31. The molecule has 2 N–H and O–H groups in total. The molecule has 0 aromatic carbocycles. The molecule has 74 valence electrons. The molecular weight excluding hydrogens is 256 g/mol. The van der Waals surface area contributed by atoms with E-state index in [1.165, 1.54) is 6.20 Å². The molecule has 0 radical (unpaired) electrons. The number of nitrogens with zero attached hydrogens (tertiary/aromatic N) is 2. The van der Waals surface area contributed by atoms with Gasteiger partial charge in [-0.3, -0.25) is 0 Å². The van der Waals surface area contributed by atoms with E-state index in [-0.39, 0.29) is 27.8 Å². The van der Waals surface area contributed by atoms with Crippen molar-refractivity contribution in [3.05, 3.63) is 21.9 Å². The minimum Gasteiger partial charge on any atom is -0.396 e. The van der Waals surface area contributed by atoms with Gasteiger partial charge in [-0.15, -0.1) is 0 Å². The van der Waals surface area contributed by atoms with Crippen molar-refractivity contribution in [1.82, 2.24) is 4.98 Å². The average Bonchev–Trinajstić information content (AvgIpc) is 2.11. The second-order valence-corrected chi connectivity index (χ2v) is 3.29. The summed E-state index contributed by atoms with van der Waals surface area (Å²) in [6.07, 6.45) is -1.59. The number of nitriles is 1. The van der Waals surface area contributed by atoms with Gasteiger partial charge in [-0.1, -0.05) is 0 Å². The van der Waals surface area contributed by atoms with Gasteiger partial charge in [0.05, 0.1) is 18.2 Å². The summed E-state index contributed by atoms with van der Waals surface area (Å²) < 4.78 is 25.3. The lowest BCUT2D eigenvalue weighted by Crippen LogP contribution is -2.03. The molecule has 0 unspecified atom stereocenters. The fourth-order valence-corrected chi connectivity index (χ4v) is 1.36. The van der Waals surface area contributed by atoms with Crippen LogP contribution >= 0.6 is 15.9 Å². The Morgan fingerprint density at radius 1 is 1.64 bits per heavy atom. The predicted molar refractivity (Wildman–Crippen MR) is 50.6 cm³/mol. The standard InChI is InChI=1S/C8H6BrF2N3/c9-7-6(13)5(8(10)11)4(1-2-12)3-14-7/h3,8H,1,13H2. The zero-order valence-corrected chi connectivity index (χ0v) is 8.55. The second-order valence-electron chi connectivity index (χ2n) is 2.54. The number of nitrogen functional groups attached to an aromatic ring is 1. The van der Waals surface area contributed by atoms with Crippen molar-refractivity contribution in [2.75, 3.05) is 5.73 Å². The van der Waals surface area contributed by atoms with E-state index in [2.05, 4.69) is 20.9 Å². The number of pyridine rings is 1. The maximum Gasteiger partial charge on any atom is 0.266 e. The Kier molecular flexibility index (Phi) is 3.36. The number of anilines is 1. The first-order chi connectivity index (χ1) is 6.57. The van der Waals surface area contributed by atoms with Crippen molar-refractivity contribution < 1.29 is 8.78 Å². The second kappa shape index (κ2) is 4.33. The Morgan fingerprint density at radius 3 is 2.79 bits per heavy atom. The zero-order valence-electron chi connectivity index (χ0n) is 6.97. The van der Waals surface area contributed by atoms with Gasteiger partial charge in [0.2, 0.25) is 0 Å². The lowest BCUT2D eigenvalue weighted by molar-refractivity contribution is 0.151. The molecule has 0 saturated heterocycles.